The fraction of sp³-hybridized carbons (Fsp3) is 0.200. The Balaban J connectivity index is 2.45. The van der Waals surface area contributed by atoms with Gasteiger partial charge in [0.2, 0.25) is 0 Å². The lowest BCUT2D eigenvalue weighted by molar-refractivity contribution is 0.691. The van der Waals surface area contributed by atoms with Crippen LogP contribution < -0.4 is 5.32 Å². The second kappa shape index (κ2) is 5.75. The fourth-order valence-electron chi connectivity index (χ4n) is 2.09. The average Bonchev–Trinajstić information content (AvgIpc) is 2.33. The second-order valence-electron chi connectivity index (χ2n) is 4.30. The van der Waals surface area contributed by atoms with Gasteiger partial charge in [0.25, 0.3) is 0 Å². The number of benzene rings is 2. The lowest BCUT2D eigenvalue weighted by atomic mass is 9.97. The molecule has 2 aromatic carbocycles. The molecule has 2 aromatic rings. The highest BCUT2D eigenvalue weighted by Crippen LogP contribution is 2.30. The van der Waals surface area contributed by atoms with Crippen molar-refractivity contribution in [1.82, 2.24) is 5.32 Å². The Morgan fingerprint density at radius 2 is 1.83 bits per heavy atom. The van der Waals surface area contributed by atoms with Crippen LogP contribution in [-0.4, -0.2) is 7.05 Å². The van der Waals surface area contributed by atoms with E-state index < -0.39 is 0 Å². The zero-order valence-electron chi connectivity index (χ0n) is 10.4. The number of hydrogen-bond acceptors (Lipinski definition) is 1. The quantitative estimate of drug-likeness (QED) is 0.865. The third-order valence-corrected chi connectivity index (χ3v) is 3.50. The van der Waals surface area contributed by atoms with Gasteiger partial charge < -0.3 is 5.32 Å². The van der Waals surface area contributed by atoms with E-state index in [0.29, 0.717) is 10.0 Å². The SMILES string of the molecule is CNC(c1cccc(C)c1)c1ccc(Cl)cc1Cl. The molecule has 0 saturated heterocycles. The Morgan fingerprint density at radius 3 is 2.44 bits per heavy atom. The van der Waals surface area contributed by atoms with Crippen LogP contribution in [0.25, 0.3) is 0 Å². The molecule has 0 spiro atoms. The number of halogens is 2. The van der Waals surface area contributed by atoms with Crippen LogP contribution in [-0.2, 0) is 0 Å². The van der Waals surface area contributed by atoms with Gasteiger partial charge >= 0.3 is 0 Å². The van der Waals surface area contributed by atoms with Crippen LogP contribution in [0.4, 0.5) is 0 Å². The predicted molar refractivity (Wildman–Crippen MR) is 78.5 cm³/mol. The summed E-state index contributed by atoms with van der Waals surface area (Å²) >= 11 is 12.2. The van der Waals surface area contributed by atoms with Crippen LogP contribution in [0.15, 0.2) is 42.5 Å². The molecule has 94 valence electrons. The summed E-state index contributed by atoms with van der Waals surface area (Å²) in [6.07, 6.45) is 0. The zero-order valence-corrected chi connectivity index (χ0v) is 11.9. The van der Waals surface area contributed by atoms with Crippen molar-refractivity contribution in [2.24, 2.45) is 0 Å². The summed E-state index contributed by atoms with van der Waals surface area (Å²) in [5, 5.41) is 4.63. The molecule has 0 bridgehead atoms. The summed E-state index contributed by atoms with van der Waals surface area (Å²) in [4.78, 5) is 0. The molecule has 0 saturated carbocycles. The van der Waals surface area contributed by atoms with E-state index in [2.05, 4.69) is 36.5 Å². The van der Waals surface area contributed by atoms with E-state index in [1.165, 1.54) is 11.1 Å². The number of hydrogen-bond donors (Lipinski definition) is 1. The van der Waals surface area contributed by atoms with Crippen LogP contribution in [0.1, 0.15) is 22.7 Å². The van der Waals surface area contributed by atoms with Crippen molar-refractivity contribution in [3.8, 4) is 0 Å². The standard InChI is InChI=1S/C15H15Cl2N/c1-10-4-3-5-11(8-10)15(18-2)13-7-6-12(16)9-14(13)17/h3-9,15,18H,1-2H3. The molecule has 0 radical (unpaired) electrons. The minimum Gasteiger partial charge on any atom is -0.309 e. The normalized spacial score (nSPS) is 12.4. The highest BCUT2D eigenvalue weighted by molar-refractivity contribution is 6.35. The summed E-state index contributed by atoms with van der Waals surface area (Å²) in [6, 6.07) is 14.1. The van der Waals surface area contributed by atoms with Crippen molar-refractivity contribution >= 4 is 23.2 Å². The van der Waals surface area contributed by atoms with Crippen LogP contribution in [0.3, 0.4) is 0 Å². The van der Waals surface area contributed by atoms with Gasteiger partial charge in [0.05, 0.1) is 6.04 Å². The summed E-state index contributed by atoms with van der Waals surface area (Å²) in [5.74, 6) is 0. The number of rotatable bonds is 3. The Kier molecular flexibility index (Phi) is 4.28. The molecule has 0 fully saturated rings. The van der Waals surface area contributed by atoms with Crippen LogP contribution >= 0.6 is 23.2 Å². The summed E-state index contributed by atoms with van der Waals surface area (Å²) in [6.45, 7) is 2.08. The first-order chi connectivity index (χ1) is 8.61. The molecule has 0 aliphatic heterocycles. The van der Waals surface area contributed by atoms with E-state index in [1.54, 1.807) is 6.07 Å². The minimum absolute atomic E-state index is 0.0784. The van der Waals surface area contributed by atoms with Crippen LogP contribution in [0, 0.1) is 6.92 Å². The summed E-state index contributed by atoms with van der Waals surface area (Å²) in [5.41, 5.74) is 3.47. The third kappa shape index (κ3) is 2.86. The van der Waals surface area contributed by atoms with Crippen molar-refractivity contribution in [3.05, 3.63) is 69.2 Å². The van der Waals surface area contributed by atoms with Gasteiger partial charge in [0, 0.05) is 10.0 Å². The van der Waals surface area contributed by atoms with Crippen molar-refractivity contribution in [2.45, 2.75) is 13.0 Å². The summed E-state index contributed by atoms with van der Waals surface area (Å²) in [7, 11) is 1.93. The first-order valence-corrected chi connectivity index (χ1v) is 6.56. The molecular formula is C15H15Cl2N. The molecule has 3 heteroatoms. The molecule has 0 aliphatic carbocycles. The average molecular weight is 280 g/mol. The first kappa shape index (κ1) is 13.4. The zero-order chi connectivity index (χ0) is 13.1. The van der Waals surface area contributed by atoms with Gasteiger partial charge in [0.15, 0.2) is 0 Å². The molecule has 1 atom stereocenters. The van der Waals surface area contributed by atoms with Gasteiger partial charge in [-0.1, -0.05) is 59.1 Å². The Morgan fingerprint density at radius 1 is 1.06 bits per heavy atom. The molecule has 1 nitrogen and oxygen atoms in total. The van der Waals surface area contributed by atoms with E-state index in [0.717, 1.165) is 5.56 Å². The maximum Gasteiger partial charge on any atom is 0.0589 e. The lowest BCUT2D eigenvalue weighted by Crippen LogP contribution is -2.18. The Bertz CT molecular complexity index is 552. The minimum atomic E-state index is 0.0784. The number of nitrogens with one attached hydrogen (secondary N) is 1. The van der Waals surface area contributed by atoms with Gasteiger partial charge in [-0.25, -0.2) is 0 Å². The first-order valence-electron chi connectivity index (χ1n) is 5.80. The second-order valence-corrected chi connectivity index (χ2v) is 5.15. The molecule has 1 N–H and O–H groups in total. The molecule has 0 heterocycles. The van der Waals surface area contributed by atoms with Gasteiger partial charge in [-0.05, 0) is 37.2 Å². The highest BCUT2D eigenvalue weighted by atomic mass is 35.5. The maximum absolute atomic E-state index is 6.27. The number of aryl methyl sites for hydroxylation is 1. The molecule has 0 amide bonds. The molecule has 2 rings (SSSR count). The topological polar surface area (TPSA) is 12.0 Å². The van der Waals surface area contributed by atoms with E-state index in [4.69, 9.17) is 23.2 Å². The van der Waals surface area contributed by atoms with Gasteiger partial charge in [-0.15, -0.1) is 0 Å². The van der Waals surface area contributed by atoms with Gasteiger partial charge in [0.1, 0.15) is 0 Å². The summed E-state index contributed by atoms with van der Waals surface area (Å²) < 4.78 is 0. The molecule has 0 aromatic heterocycles. The van der Waals surface area contributed by atoms with E-state index >= 15 is 0 Å². The van der Waals surface area contributed by atoms with Crippen molar-refractivity contribution in [3.63, 3.8) is 0 Å². The smallest absolute Gasteiger partial charge is 0.0589 e. The largest absolute Gasteiger partial charge is 0.309 e. The van der Waals surface area contributed by atoms with Crippen molar-refractivity contribution in [2.75, 3.05) is 7.05 Å². The molecule has 0 aliphatic rings. The van der Waals surface area contributed by atoms with Crippen LogP contribution in [0.5, 0.6) is 0 Å². The molecular weight excluding hydrogens is 265 g/mol. The van der Waals surface area contributed by atoms with E-state index in [9.17, 15) is 0 Å². The predicted octanol–water partition coefficient (Wildman–Crippen LogP) is 4.61. The molecule has 1 unspecified atom stereocenters. The fourth-order valence-corrected chi connectivity index (χ4v) is 2.60. The highest BCUT2D eigenvalue weighted by Gasteiger charge is 2.15. The van der Waals surface area contributed by atoms with E-state index in [-0.39, 0.29) is 6.04 Å². The van der Waals surface area contributed by atoms with Gasteiger partial charge in [-0.2, -0.15) is 0 Å². The Labute approximate surface area is 118 Å². The van der Waals surface area contributed by atoms with Crippen molar-refractivity contribution < 1.29 is 0 Å². The van der Waals surface area contributed by atoms with Crippen molar-refractivity contribution in [1.29, 1.82) is 0 Å². The Hall–Kier alpha value is -1.02. The van der Waals surface area contributed by atoms with Crippen LogP contribution in [0.2, 0.25) is 10.0 Å². The third-order valence-electron chi connectivity index (χ3n) is 2.94. The van der Waals surface area contributed by atoms with E-state index in [1.807, 2.05) is 19.2 Å². The lowest BCUT2D eigenvalue weighted by Gasteiger charge is -2.19. The monoisotopic (exact) mass is 279 g/mol. The van der Waals surface area contributed by atoms with Gasteiger partial charge in [-0.3, -0.25) is 0 Å². The molecule has 18 heavy (non-hydrogen) atoms. The maximum atomic E-state index is 6.27.